The topological polar surface area (TPSA) is 216 Å². The lowest BCUT2D eigenvalue weighted by Gasteiger charge is -2.39. The zero-order valence-electron chi connectivity index (χ0n) is 54.2. The van der Waals surface area contributed by atoms with Crippen LogP contribution in [0.4, 0.5) is 0 Å². The number of phenols is 1. The Labute approximate surface area is 580 Å². The van der Waals surface area contributed by atoms with Crippen LogP contribution in [0.3, 0.4) is 0 Å². The highest BCUT2D eigenvalue weighted by atomic mass is 35.5. The predicted octanol–water partition coefficient (Wildman–Crippen LogP) is 13.0. The number of hydrogen-bond acceptors (Lipinski definition) is 13. The van der Waals surface area contributed by atoms with Gasteiger partial charge in [-0.2, -0.15) is 0 Å². The lowest BCUT2D eigenvalue weighted by molar-refractivity contribution is -0.167. The summed E-state index contributed by atoms with van der Waals surface area (Å²) in [4.78, 5) is 32.2. The fourth-order valence-electron chi connectivity index (χ4n) is 11.8. The minimum Gasteiger partial charge on any atom is -0.508 e. The third-order valence-corrected chi connectivity index (χ3v) is 23.9. The highest BCUT2D eigenvalue weighted by Gasteiger charge is 2.46. The van der Waals surface area contributed by atoms with Crippen molar-refractivity contribution in [2.45, 2.75) is 177 Å². The summed E-state index contributed by atoms with van der Waals surface area (Å²) in [6.07, 6.45) is 10.2. The number of rotatable bonds is 23. The number of piperidine rings is 3. The Hall–Kier alpha value is -2.65. The Morgan fingerprint density at radius 2 is 1.03 bits per heavy atom. The van der Waals surface area contributed by atoms with Crippen LogP contribution in [-0.4, -0.2) is 143 Å². The molecule has 5 heterocycles. The molecule has 5 aliphatic rings. The van der Waals surface area contributed by atoms with Gasteiger partial charge in [0, 0.05) is 67.5 Å². The molecule has 0 spiro atoms. The molecule has 5 aliphatic heterocycles. The molecule has 8 unspecified atom stereocenters. The van der Waals surface area contributed by atoms with Gasteiger partial charge in [-0.25, -0.2) is 26.8 Å². The molecule has 512 valence electrons. The second-order valence-corrected chi connectivity index (χ2v) is 36.0. The Kier molecular flexibility index (Phi) is 26.1. The molecule has 27 heteroatoms. The molecule has 13 atom stereocenters. The number of nitrogens with zero attached hydrogens (tertiary/aromatic N) is 2. The third kappa shape index (κ3) is 19.6. The quantitative estimate of drug-likeness (QED) is 0.0559. The average molecular weight is 1460 g/mol. The summed E-state index contributed by atoms with van der Waals surface area (Å²) in [5.41, 5.74) is 1.81. The maximum absolute atomic E-state index is 14.5. The van der Waals surface area contributed by atoms with Gasteiger partial charge in [0.15, 0.2) is 23.8 Å². The fourth-order valence-corrected chi connectivity index (χ4v) is 15.5. The van der Waals surface area contributed by atoms with Gasteiger partial charge < -0.3 is 48.6 Å². The van der Waals surface area contributed by atoms with Crippen LogP contribution in [0.15, 0.2) is 60.7 Å². The molecule has 18 nitrogen and oxygen atoms in total. The fraction of sp³-hybridized carbons (Fsp3) is 0.631. The van der Waals surface area contributed by atoms with E-state index in [1.54, 1.807) is 66.1 Å². The maximum Gasteiger partial charge on any atom is 0.254 e. The minimum absolute atomic E-state index is 0.00659. The number of amides is 2. The van der Waals surface area contributed by atoms with Gasteiger partial charge >= 0.3 is 0 Å². The first kappa shape index (κ1) is 75.1. The highest BCUT2D eigenvalue weighted by molar-refractivity contribution is 7.85. The van der Waals surface area contributed by atoms with Crippen molar-refractivity contribution >= 4 is 114 Å². The standard InChI is InChI=1S/C65H90Cl6N6O12S3/c1-61(2,3)90(81)73-56(39-18-14-23-72-34-39)43-29-46(67)49(70)32-52(43)84-26-13-12-21-64(10)86-37-54(88-64)59(79)77-25-16-20-41(36-77)58(75-92(83)63(7,8)9)44-30-47(68)50(71)33-53(44)85-27-17-22-65(11)87-38-55(89-65)60(80)76-24-15-19-40(35-76)57(74-91(82)62(4,5)6)42-28-45(66)48(69)31-51(42)78/h12-13,17,22,28-33,39-41,54-58,72-75,78H,14-16,18-21,23-27,34-38H2,1-11H3/b13-12+,22-17+/t39-,40-,41-,54-,55-,56?,57?,58?,64?,65?,90?,91?,92?/m1/s1. The lowest BCUT2D eigenvalue weighted by Crippen LogP contribution is -2.49. The third-order valence-electron chi connectivity index (χ3n) is 17.0. The number of ether oxygens (including phenoxy) is 6. The van der Waals surface area contributed by atoms with Crippen molar-refractivity contribution < 1.29 is 55.7 Å². The van der Waals surface area contributed by atoms with Gasteiger partial charge in [0.25, 0.3) is 11.8 Å². The van der Waals surface area contributed by atoms with E-state index in [1.807, 2.05) is 74.5 Å². The molecule has 0 saturated carbocycles. The van der Waals surface area contributed by atoms with Gasteiger partial charge in [-0.1, -0.05) is 81.8 Å². The number of benzene rings is 3. The summed E-state index contributed by atoms with van der Waals surface area (Å²) in [6, 6.07) is 8.21. The molecule has 92 heavy (non-hydrogen) atoms. The molecule has 5 fully saturated rings. The first-order valence-electron chi connectivity index (χ1n) is 31.3. The average Bonchev–Trinajstić information content (AvgIpc) is 0.852. The number of nitrogens with one attached hydrogen (secondary N) is 4. The van der Waals surface area contributed by atoms with Crippen LogP contribution < -0.4 is 29.0 Å². The number of hydrogen-bond donors (Lipinski definition) is 5. The van der Waals surface area contributed by atoms with Gasteiger partial charge in [-0.15, -0.1) is 0 Å². The largest absolute Gasteiger partial charge is 0.508 e. The molecule has 0 aliphatic carbocycles. The van der Waals surface area contributed by atoms with Crippen molar-refractivity contribution in [1.29, 1.82) is 0 Å². The van der Waals surface area contributed by atoms with Crippen molar-refractivity contribution in [3.63, 3.8) is 0 Å². The summed E-state index contributed by atoms with van der Waals surface area (Å²) in [5.74, 6) is -2.48. The molecule has 2 amide bonds. The first-order chi connectivity index (χ1) is 43.1. The number of halogens is 6. The summed E-state index contributed by atoms with van der Waals surface area (Å²) in [5, 5.41) is 16.2. The van der Waals surface area contributed by atoms with Crippen LogP contribution in [0, 0.1) is 17.8 Å². The molecule has 0 bridgehead atoms. The van der Waals surface area contributed by atoms with E-state index in [0.717, 1.165) is 31.5 Å². The number of carbonyl (C=O) groups is 2. The van der Waals surface area contributed by atoms with Crippen molar-refractivity contribution in [3.8, 4) is 17.2 Å². The molecule has 0 aromatic heterocycles. The summed E-state index contributed by atoms with van der Waals surface area (Å²) < 4.78 is 87.3. The summed E-state index contributed by atoms with van der Waals surface area (Å²) in [6.45, 7) is 23.9. The zero-order valence-corrected chi connectivity index (χ0v) is 61.2. The Morgan fingerprint density at radius 1 is 0.609 bits per heavy atom. The molecule has 5 saturated heterocycles. The first-order valence-corrected chi connectivity index (χ1v) is 37.1. The number of aromatic hydroxyl groups is 1. The highest BCUT2D eigenvalue weighted by Crippen LogP contribution is 2.44. The SMILES string of the molecule is CC1(/C=C/COc2cc(Cl)c(Cl)cc2C(NS(=O)C(C)(C)C)[C@@H]2CCCN(C(=O)[C@H]3COC(C)(C/C=C/COc4cc(Cl)c(Cl)cc4C(NS(=O)C(C)(C)C)[C@@H]4CCCNC4)O3)C2)OC[C@H](C(=O)N2CCC[C@@H](C(NS(=O)C(C)(C)C)c3cc(Cl)c(Cl)cc3O)C2)O1. The van der Waals surface area contributed by atoms with Gasteiger partial charge in [0.1, 0.15) is 30.5 Å². The van der Waals surface area contributed by atoms with Crippen LogP contribution in [0.5, 0.6) is 17.2 Å². The smallest absolute Gasteiger partial charge is 0.254 e. The van der Waals surface area contributed by atoms with Crippen LogP contribution in [0.2, 0.25) is 30.1 Å². The van der Waals surface area contributed by atoms with E-state index in [1.165, 1.54) is 6.07 Å². The van der Waals surface area contributed by atoms with Gasteiger partial charge in [-0.05, 0) is 176 Å². The number of carbonyl (C=O) groups excluding carboxylic acids is 2. The van der Waals surface area contributed by atoms with Gasteiger partial charge in [-0.3, -0.25) is 9.59 Å². The second-order valence-electron chi connectivity index (χ2n) is 27.5. The van der Waals surface area contributed by atoms with Gasteiger partial charge in [0.2, 0.25) is 0 Å². The molecule has 3 aromatic rings. The van der Waals surface area contributed by atoms with E-state index in [2.05, 4.69) is 19.5 Å². The van der Waals surface area contributed by atoms with E-state index in [0.29, 0.717) is 84.4 Å². The minimum atomic E-state index is -1.58. The molecule has 0 radical (unpaired) electrons. The normalized spacial score (nSPS) is 26.5. The summed E-state index contributed by atoms with van der Waals surface area (Å²) in [7, 11) is -4.50. The van der Waals surface area contributed by atoms with E-state index in [-0.39, 0.29) is 94.4 Å². The van der Waals surface area contributed by atoms with Crippen LogP contribution in [0.25, 0.3) is 0 Å². The number of phenolic OH excluding ortho intramolecular Hbond substituents is 1. The predicted molar refractivity (Wildman–Crippen MR) is 369 cm³/mol. The van der Waals surface area contributed by atoms with E-state index in [9.17, 15) is 27.3 Å². The molecule has 8 rings (SSSR count). The molecule has 5 N–H and O–H groups in total. The Bertz CT molecular complexity index is 3250. The Morgan fingerprint density at radius 3 is 1.52 bits per heavy atom. The van der Waals surface area contributed by atoms with Gasteiger partial charge in [0.05, 0.1) is 109 Å². The van der Waals surface area contributed by atoms with E-state index < -0.39 is 83.1 Å². The van der Waals surface area contributed by atoms with Crippen molar-refractivity contribution in [2.24, 2.45) is 17.8 Å². The van der Waals surface area contributed by atoms with E-state index in [4.69, 9.17) is 98.0 Å². The molecular weight excluding hydrogens is 1370 g/mol. The van der Waals surface area contributed by atoms with Crippen molar-refractivity contribution in [3.05, 3.63) is 108 Å². The van der Waals surface area contributed by atoms with Crippen LogP contribution >= 0.6 is 69.6 Å². The summed E-state index contributed by atoms with van der Waals surface area (Å²) >= 11 is 39.3. The number of likely N-dealkylation sites (tertiary alicyclic amines) is 2. The maximum atomic E-state index is 14.5. The lowest BCUT2D eigenvalue weighted by atomic mass is 9.86. The van der Waals surface area contributed by atoms with E-state index >= 15 is 0 Å². The zero-order chi connectivity index (χ0) is 67.3. The molecular formula is C65H90Cl6N6O12S3. The molecule has 3 aromatic carbocycles. The van der Waals surface area contributed by atoms with Crippen LogP contribution in [-0.2, 0) is 61.5 Å². The monoisotopic (exact) mass is 1450 g/mol. The Balaban J connectivity index is 0.895. The van der Waals surface area contributed by atoms with Crippen molar-refractivity contribution in [1.82, 2.24) is 29.3 Å². The van der Waals surface area contributed by atoms with Crippen molar-refractivity contribution in [2.75, 3.05) is 65.7 Å². The van der Waals surface area contributed by atoms with Crippen LogP contribution in [0.1, 0.15) is 156 Å². The second kappa shape index (κ2) is 31.9.